The van der Waals surface area contributed by atoms with Crippen molar-refractivity contribution in [2.45, 2.75) is 71.1 Å². The van der Waals surface area contributed by atoms with Crippen molar-refractivity contribution in [1.82, 2.24) is 4.90 Å². The summed E-state index contributed by atoms with van der Waals surface area (Å²) < 4.78 is 6.04. The molecule has 0 aliphatic carbocycles. The number of halogens is 1. The van der Waals surface area contributed by atoms with E-state index in [1.807, 2.05) is 39.0 Å². The van der Waals surface area contributed by atoms with Gasteiger partial charge in [0.05, 0.1) is 18.8 Å². The number of carboxylic acid groups (broad SMARTS) is 1. The fourth-order valence-corrected chi connectivity index (χ4v) is 4.95. The van der Waals surface area contributed by atoms with Gasteiger partial charge in [0.25, 0.3) is 0 Å². The third kappa shape index (κ3) is 7.28. The summed E-state index contributed by atoms with van der Waals surface area (Å²) in [5.74, 6) is -0.804. The Morgan fingerprint density at radius 3 is 2.76 bits per heavy atom. The Bertz CT molecular complexity index is 948. The average Bonchev–Trinajstić information content (AvgIpc) is 3.19. The van der Waals surface area contributed by atoms with E-state index in [9.17, 15) is 9.90 Å². The highest BCUT2D eigenvalue weighted by Gasteiger charge is 2.27. The molecule has 0 saturated carbocycles. The number of β-amino-alcohol motifs (C(OH)–C–C–N with tert-alkyl or cyclic N) is 1. The lowest BCUT2D eigenvalue weighted by atomic mass is 9.95. The third-order valence-corrected chi connectivity index (χ3v) is 7.07. The second-order valence-electron chi connectivity index (χ2n) is 9.24. The summed E-state index contributed by atoms with van der Waals surface area (Å²) in [4.78, 5) is 13.4. The normalized spacial score (nSPS) is 18.4. The molecule has 0 aromatic heterocycles. The molecule has 0 radical (unpaired) electrons. The van der Waals surface area contributed by atoms with Crippen molar-refractivity contribution in [1.29, 1.82) is 0 Å². The molecular formula is C27H36ClNO4. The van der Waals surface area contributed by atoms with Crippen molar-refractivity contribution in [3.8, 4) is 0 Å². The molecular weight excluding hydrogens is 438 g/mol. The number of ether oxygens (including phenoxy) is 1. The molecule has 0 spiro atoms. The van der Waals surface area contributed by atoms with Gasteiger partial charge in [0.1, 0.15) is 0 Å². The molecule has 3 atom stereocenters. The number of carbonyl (C=O) groups is 1. The first kappa shape index (κ1) is 25.7. The van der Waals surface area contributed by atoms with Gasteiger partial charge in [-0.25, -0.2) is 0 Å². The van der Waals surface area contributed by atoms with Gasteiger partial charge in [-0.2, -0.15) is 0 Å². The summed E-state index contributed by atoms with van der Waals surface area (Å²) in [5, 5.41) is 20.6. The second-order valence-corrected chi connectivity index (χ2v) is 9.65. The smallest absolute Gasteiger partial charge is 0.303 e. The fourth-order valence-electron chi connectivity index (χ4n) is 4.75. The van der Waals surface area contributed by atoms with Crippen molar-refractivity contribution < 1.29 is 19.7 Å². The van der Waals surface area contributed by atoms with Gasteiger partial charge in [0.2, 0.25) is 0 Å². The lowest BCUT2D eigenvalue weighted by molar-refractivity contribution is -0.136. The number of aryl methyl sites for hydroxylation is 2. The number of carboxylic acids is 1. The predicted octanol–water partition coefficient (Wildman–Crippen LogP) is 5.12. The Morgan fingerprint density at radius 1 is 1.24 bits per heavy atom. The molecule has 6 heteroatoms. The van der Waals surface area contributed by atoms with Gasteiger partial charge >= 0.3 is 5.97 Å². The Hall–Kier alpha value is -1.92. The van der Waals surface area contributed by atoms with Crippen LogP contribution in [0.1, 0.15) is 60.1 Å². The summed E-state index contributed by atoms with van der Waals surface area (Å²) >= 11 is 6.30. The predicted molar refractivity (Wildman–Crippen MR) is 132 cm³/mol. The Balaban J connectivity index is 1.54. The van der Waals surface area contributed by atoms with Gasteiger partial charge in [-0.1, -0.05) is 41.9 Å². The van der Waals surface area contributed by atoms with Crippen LogP contribution >= 0.6 is 11.6 Å². The molecule has 0 bridgehead atoms. The first-order chi connectivity index (χ1) is 15.7. The number of nitrogens with zero attached hydrogens (tertiary/aromatic N) is 1. The molecule has 33 heavy (non-hydrogen) atoms. The zero-order valence-electron chi connectivity index (χ0n) is 19.9. The first-order valence-corrected chi connectivity index (χ1v) is 12.2. The van der Waals surface area contributed by atoms with Crippen LogP contribution in [0.15, 0.2) is 36.4 Å². The number of hydrogen-bond acceptors (Lipinski definition) is 4. The maximum Gasteiger partial charge on any atom is 0.303 e. The van der Waals surface area contributed by atoms with Gasteiger partial charge in [-0.05, 0) is 86.9 Å². The minimum absolute atomic E-state index is 0.0930. The first-order valence-electron chi connectivity index (χ1n) is 11.8. The molecule has 1 fully saturated rings. The van der Waals surface area contributed by atoms with Crippen molar-refractivity contribution in [2.75, 3.05) is 19.7 Å². The Kier molecular flexibility index (Phi) is 9.33. The fraction of sp³-hybridized carbons (Fsp3) is 0.519. The number of aliphatic carboxylic acids is 1. The van der Waals surface area contributed by atoms with E-state index in [2.05, 4.69) is 23.1 Å². The van der Waals surface area contributed by atoms with Crippen LogP contribution in [0, 0.1) is 13.8 Å². The Morgan fingerprint density at radius 2 is 2.03 bits per heavy atom. The van der Waals surface area contributed by atoms with E-state index in [4.69, 9.17) is 21.4 Å². The maximum atomic E-state index is 11.0. The molecule has 2 aromatic carbocycles. The molecule has 2 aromatic rings. The molecule has 1 aliphatic rings. The number of hydrogen-bond donors (Lipinski definition) is 2. The minimum Gasteiger partial charge on any atom is -0.481 e. The molecule has 2 N–H and O–H groups in total. The summed E-state index contributed by atoms with van der Waals surface area (Å²) in [6.45, 7) is 7.78. The summed E-state index contributed by atoms with van der Waals surface area (Å²) in [5.41, 5.74) is 5.41. The van der Waals surface area contributed by atoms with Crippen molar-refractivity contribution >= 4 is 17.6 Å². The maximum absolute atomic E-state index is 11.0. The summed E-state index contributed by atoms with van der Waals surface area (Å²) in [6, 6.07) is 12.6. The molecule has 1 saturated heterocycles. The van der Waals surface area contributed by atoms with E-state index in [-0.39, 0.29) is 19.1 Å². The lowest BCUT2D eigenvalue weighted by Crippen LogP contribution is -2.39. The minimum atomic E-state index is -0.804. The van der Waals surface area contributed by atoms with Crippen LogP contribution in [0.3, 0.4) is 0 Å². The van der Waals surface area contributed by atoms with Gasteiger partial charge in [-0.15, -0.1) is 0 Å². The van der Waals surface area contributed by atoms with Crippen molar-refractivity contribution in [2.24, 2.45) is 0 Å². The van der Waals surface area contributed by atoms with E-state index in [0.717, 1.165) is 53.1 Å². The second kappa shape index (κ2) is 12.0. The number of likely N-dealkylation sites (tertiary alicyclic amines) is 1. The van der Waals surface area contributed by atoms with Gasteiger partial charge < -0.3 is 14.9 Å². The molecule has 3 rings (SSSR count). The zero-order valence-corrected chi connectivity index (χ0v) is 20.6. The van der Waals surface area contributed by atoms with Crippen LogP contribution in [0.2, 0.25) is 5.02 Å². The van der Waals surface area contributed by atoms with Gasteiger partial charge in [-0.3, -0.25) is 9.69 Å². The Labute approximate surface area is 202 Å². The topological polar surface area (TPSA) is 70.0 Å². The number of aliphatic hydroxyl groups is 1. The number of aliphatic hydroxyl groups excluding tert-OH is 1. The zero-order chi connectivity index (χ0) is 24.0. The van der Waals surface area contributed by atoms with E-state index in [1.165, 1.54) is 5.56 Å². The average molecular weight is 474 g/mol. The highest BCUT2D eigenvalue weighted by molar-refractivity contribution is 6.31. The van der Waals surface area contributed by atoms with Crippen LogP contribution in [0.4, 0.5) is 0 Å². The van der Waals surface area contributed by atoms with Crippen LogP contribution in [0.25, 0.3) is 0 Å². The van der Waals surface area contributed by atoms with E-state index >= 15 is 0 Å². The molecule has 1 aliphatic heterocycles. The largest absolute Gasteiger partial charge is 0.481 e. The highest BCUT2D eigenvalue weighted by atomic mass is 35.5. The van der Waals surface area contributed by atoms with Crippen LogP contribution in [-0.4, -0.2) is 52.9 Å². The van der Waals surface area contributed by atoms with E-state index < -0.39 is 12.1 Å². The van der Waals surface area contributed by atoms with Gasteiger partial charge in [0, 0.05) is 24.0 Å². The van der Waals surface area contributed by atoms with Crippen molar-refractivity contribution in [3.05, 3.63) is 69.2 Å². The summed E-state index contributed by atoms with van der Waals surface area (Å²) in [6.07, 6.45) is 2.95. The summed E-state index contributed by atoms with van der Waals surface area (Å²) in [7, 11) is 0. The third-order valence-electron chi connectivity index (χ3n) is 6.66. The lowest BCUT2D eigenvalue weighted by Gasteiger charge is -2.28. The molecule has 0 amide bonds. The van der Waals surface area contributed by atoms with Crippen LogP contribution in [0.5, 0.6) is 0 Å². The van der Waals surface area contributed by atoms with Gasteiger partial charge in [0.15, 0.2) is 0 Å². The highest BCUT2D eigenvalue weighted by Crippen LogP contribution is 2.27. The number of rotatable bonds is 11. The molecule has 5 nitrogen and oxygen atoms in total. The quantitative estimate of drug-likeness (QED) is 0.474. The SMILES string of the molecule is Cc1ccc(C[C@@H]2CCCN2CC(O)CO[C@H](C)c2cccc(C)c2CCC(=O)O)cc1Cl. The van der Waals surface area contributed by atoms with Crippen LogP contribution in [-0.2, 0) is 22.4 Å². The van der Waals surface area contributed by atoms with E-state index in [0.29, 0.717) is 19.0 Å². The van der Waals surface area contributed by atoms with Crippen LogP contribution < -0.4 is 0 Å². The standard InChI is InChI=1S/C27H36ClNO4/c1-18-6-4-8-25(24(18)11-12-27(31)32)20(3)33-17-23(30)16-29-13-5-7-22(29)14-21-10-9-19(2)26(28)15-21/h4,6,8-10,15,20,22-23,30H,5,7,11-14,16-17H2,1-3H3,(H,31,32)/t20-,22+,23?/m1/s1. The van der Waals surface area contributed by atoms with E-state index in [1.54, 1.807) is 0 Å². The molecule has 1 unspecified atom stereocenters. The van der Waals surface area contributed by atoms with Crippen molar-refractivity contribution in [3.63, 3.8) is 0 Å². The molecule has 180 valence electrons. The monoisotopic (exact) mass is 473 g/mol. The number of benzene rings is 2. The molecule has 1 heterocycles.